The summed E-state index contributed by atoms with van der Waals surface area (Å²) < 4.78 is 15.1. The van der Waals surface area contributed by atoms with Crippen molar-refractivity contribution in [2.75, 3.05) is 18.0 Å². The van der Waals surface area contributed by atoms with Gasteiger partial charge in [-0.15, -0.1) is 0 Å². The Hall–Kier alpha value is -3.06. The zero-order chi connectivity index (χ0) is 18.8. The van der Waals surface area contributed by atoms with Crippen LogP contribution >= 0.6 is 0 Å². The summed E-state index contributed by atoms with van der Waals surface area (Å²) in [5.74, 6) is 0.135. The SMILES string of the molecule is O=c1cc(-c2ccncc2)nc2n1CCCN2CC(O)c1cccc(F)c1. The number of benzene rings is 1. The summed E-state index contributed by atoms with van der Waals surface area (Å²) in [5.41, 5.74) is 1.75. The Morgan fingerprint density at radius 2 is 1.96 bits per heavy atom. The Balaban J connectivity index is 1.68. The van der Waals surface area contributed by atoms with Gasteiger partial charge in [0.2, 0.25) is 5.95 Å². The van der Waals surface area contributed by atoms with Gasteiger partial charge in [0.1, 0.15) is 5.82 Å². The minimum absolute atomic E-state index is 0.128. The van der Waals surface area contributed by atoms with E-state index in [2.05, 4.69) is 9.97 Å². The number of hydrogen-bond donors (Lipinski definition) is 1. The third-order valence-corrected chi connectivity index (χ3v) is 4.68. The molecule has 2 aromatic heterocycles. The third kappa shape index (κ3) is 3.59. The standard InChI is InChI=1S/C20H19FN4O2/c21-16-4-1-3-15(11-16)18(26)13-24-9-2-10-25-19(27)12-17(23-20(24)25)14-5-7-22-8-6-14/h1,3-8,11-12,18,26H,2,9-10,13H2. The van der Waals surface area contributed by atoms with Crippen LogP contribution in [0.15, 0.2) is 59.7 Å². The lowest BCUT2D eigenvalue weighted by molar-refractivity contribution is 0.180. The first kappa shape index (κ1) is 17.4. The van der Waals surface area contributed by atoms with Crippen molar-refractivity contribution in [3.05, 3.63) is 76.6 Å². The van der Waals surface area contributed by atoms with Crippen molar-refractivity contribution in [2.45, 2.75) is 19.1 Å². The average molecular weight is 366 g/mol. The zero-order valence-corrected chi connectivity index (χ0v) is 14.6. The van der Waals surface area contributed by atoms with Gasteiger partial charge in [0.05, 0.1) is 18.3 Å². The van der Waals surface area contributed by atoms with Crippen molar-refractivity contribution in [1.29, 1.82) is 0 Å². The molecule has 27 heavy (non-hydrogen) atoms. The maximum Gasteiger partial charge on any atom is 0.255 e. The molecule has 1 aliphatic rings. The average Bonchev–Trinajstić information content (AvgIpc) is 2.69. The van der Waals surface area contributed by atoms with Crippen LogP contribution in [0.25, 0.3) is 11.3 Å². The summed E-state index contributed by atoms with van der Waals surface area (Å²) >= 11 is 0. The molecule has 0 aliphatic carbocycles. The van der Waals surface area contributed by atoms with E-state index in [9.17, 15) is 14.3 Å². The fraction of sp³-hybridized carbons (Fsp3) is 0.250. The van der Waals surface area contributed by atoms with Crippen LogP contribution in [0.4, 0.5) is 10.3 Å². The van der Waals surface area contributed by atoms with Gasteiger partial charge in [-0.2, -0.15) is 0 Å². The Bertz CT molecular complexity index is 1010. The van der Waals surface area contributed by atoms with E-state index in [1.807, 2.05) is 4.90 Å². The summed E-state index contributed by atoms with van der Waals surface area (Å²) in [6, 6.07) is 11.0. The molecule has 0 fully saturated rings. The van der Waals surface area contributed by atoms with Crippen LogP contribution in [0, 0.1) is 5.82 Å². The summed E-state index contributed by atoms with van der Waals surface area (Å²) in [5, 5.41) is 10.5. The number of anilines is 1. The maximum absolute atomic E-state index is 13.5. The molecule has 1 aromatic carbocycles. The molecule has 3 heterocycles. The molecule has 0 radical (unpaired) electrons. The Kier molecular flexibility index (Phi) is 4.68. The molecule has 0 spiro atoms. The molecular weight excluding hydrogens is 347 g/mol. The normalized spacial score (nSPS) is 14.7. The van der Waals surface area contributed by atoms with Gasteiger partial charge in [-0.1, -0.05) is 12.1 Å². The van der Waals surface area contributed by atoms with Crippen LogP contribution in [0.2, 0.25) is 0 Å². The van der Waals surface area contributed by atoms with Crippen LogP contribution in [-0.2, 0) is 6.54 Å². The van der Waals surface area contributed by atoms with Gasteiger partial charge in [0.15, 0.2) is 0 Å². The highest BCUT2D eigenvalue weighted by Crippen LogP contribution is 2.24. The van der Waals surface area contributed by atoms with E-state index in [1.54, 1.807) is 41.2 Å². The van der Waals surface area contributed by atoms with E-state index in [0.29, 0.717) is 30.3 Å². The predicted octanol–water partition coefficient (Wildman–Crippen LogP) is 2.39. The molecule has 0 amide bonds. The fourth-order valence-electron chi connectivity index (χ4n) is 3.34. The highest BCUT2D eigenvalue weighted by Gasteiger charge is 2.23. The number of pyridine rings is 1. The monoisotopic (exact) mass is 366 g/mol. The molecule has 0 saturated carbocycles. The van der Waals surface area contributed by atoms with Gasteiger partial charge in [-0.05, 0) is 36.2 Å². The second kappa shape index (κ2) is 7.28. The number of aliphatic hydroxyl groups is 1. The number of aromatic nitrogens is 3. The number of β-amino-alcohol motifs (C(OH)–C–C–N with tert-alkyl or cyclic N) is 1. The Morgan fingerprint density at radius 3 is 2.74 bits per heavy atom. The van der Waals surface area contributed by atoms with Crippen molar-refractivity contribution in [3.63, 3.8) is 0 Å². The summed E-state index contributed by atoms with van der Waals surface area (Å²) in [6.07, 6.45) is 3.20. The van der Waals surface area contributed by atoms with Crippen LogP contribution in [-0.4, -0.2) is 32.7 Å². The van der Waals surface area contributed by atoms with Crippen molar-refractivity contribution in [2.24, 2.45) is 0 Å². The predicted molar refractivity (Wildman–Crippen MR) is 99.9 cm³/mol. The molecule has 1 aliphatic heterocycles. The second-order valence-electron chi connectivity index (χ2n) is 6.54. The minimum atomic E-state index is -0.881. The van der Waals surface area contributed by atoms with Gasteiger partial charge in [0.25, 0.3) is 5.56 Å². The van der Waals surface area contributed by atoms with E-state index >= 15 is 0 Å². The van der Waals surface area contributed by atoms with E-state index < -0.39 is 6.10 Å². The van der Waals surface area contributed by atoms with Crippen molar-refractivity contribution in [3.8, 4) is 11.3 Å². The lowest BCUT2D eigenvalue weighted by Crippen LogP contribution is -2.40. The lowest BCUT2D eigenvalue weighted by atomic mass is 10.1. The molecule has 6 nitrogen and oxygen atoms in total. The van der Waals surface area contributed by atoms with E-state index in [4.69, 9.17) is 0 Å². The van der Waals surface area contributed by atoms with Crippen LogP contribution in [0.5, 0.6) is 0 Å². The summed E-state index contributed by atoms with van der Waals surface area (Å²) in [4.78, 5) is 23.1. The Labute approximate surface area is 155 Å². The molecule has 1 atom stereocenters. The number of nitrogens with zero attached hydrogens (tertiary/aromatic N) is 4. The first-order valence-electron chi connectivity index (χ1n) is 8.82. The highest BCUT2D eigenvalue weighted by atomic mass is 19.1. The van der Waals surface area contributed by atoms with Gasteiger partial charge in [0, 0.05) is 37.1 Å². The smallest absolute Gasteiger partial charge is 0.255 e. The van der Waals surface area contributed by atoms with Crippen LogP contribution in [0.1, 0.15) is 18.1 Å². The number of halogens is 1. The highest BCUT2D eigenvalue weighted by molar-refractivity contribution is 5.59. The molecule has 1 N–H and O–H groups in total. The molecule has 0 bridgehead atoms. The molecule has 0 saturated heterocycles. The molecule has 138 valence electrons. The minimum Gasteiger partial charge on any atom is -0.387 e. The van der Waals surface area contributed by atoms with Crippen molar-refractivity contribution < 1.29 is 9.50 Å². The van der Waals surface area contributed by atoms with E-state index in [1.165, 1.54) is 18.2 Å². The first-order chi connectivity index (χ1) is 13.1. The van der Waals surface area contributed by atoms with Gasteiger partial charge < -0.3 is 10.0 Å². The number of aliphatic hydroxyl groups excluding tert-OH is 1. The quantitative estimate of drug-likeness (QED) is 0.768. The lowest BCUT2D eigenvalue weighted by Gasteiger charge is -2.32. The second-order valence-corrected chi connectivity index (χ2v) is 6.54. The largest absolute Gasteiger partial charge is 0.387 e. The summed E-state index contributed by atoms with van der Waals surface area (Å²) in [7, 11) is 0. The van der Waals surface area contributed by atoms with Gasteiger partial charge in [-0.25, -0.2) is 9.37 Å². The molecular formula is C20H19FN4O2. The van der Waals surface area contributed by atoms with Gasteiger partial charge in [-0.3, -0.25) is 14.3 Å². The maximum atomic E-state index is 13.5. The molecule has 3 aromatic rings. The number of fused-ring (bicyclic) bond motifs is 1. The zero-order valence-electron chi connectivity index (χ0n) is 14.6. The van der Waals surface area contributed by atoms with Crippen molar-refractivity contribution >= 4 is 5.95 Å². The number of hydrogen-bond acceptors (Lipinski definition) is 5. The first-order valence-corrected chi connectivity index (χ1v) is 8.82. The molecule has 7 heteroatoms. The van der Waals surface area contributed by atoms with E-state index in [-0.39, 0.29) is 17.9 Å². The number of rotatable bonds is 4. The Morgan fingerprint density at radius 1 is 1.15 bits per heavy atom. The van der Waals surface area contributed by atoms with Gasteiger partial charge >= 0.3 is 0 Å². The third-order valence-electron chi connectivity index (χ3n) is 4.68. The van der Waals surface area contributed by atoms with Crippen LogP contribution < -0.4 is 10.5 Å². The molecule has 1 unspecified atom stereocenters. The summed E-state index contributed by atoms with van der Waals surface area (Å²) in [6.45, 7) is 1.48. The topological polar surface area (TPSA) is 71.2 Å². The van der Waals surface area contributed by atoms with E-state index in [0.717, 1.165) is 12.0 Å². The fourth-order valence-corrected chi connectivity index (χ4v) is 3.34. The van der Waals surface area contributed by atoms with Crippen LogP contribution in [0.3, 0.4) is 0 Å². The molecule has 4 rings (SSSR count). The van der Waals surface area contributed by atoms with Crippen molar-refractivity contribution in [1.82, 2.24) is 14.5 Å².